The van der Waals surface area contributed by atoms with Crippen LogP contribution in [0, 0.1) is 0 Å². The normalized spacial score (nSPS) is 10.9. The van der Waals surface area contributed by atoms with Crippen LogP contribution in [0.25, 0.3) is 11.5 Å². The third kappa shape index (κ3) is 3.88. The Bertz CT molecular complexity index is 539. The van der Waals surface area contributed by atoms with Gasteiger partial charge in [0.15, 0.2) is 5.82 Å². The summed E-state index contributed by atoms with van der Waals surface area (Å²) in [6.07, 6.45) is 0.361. The Hall–Kier alpha value is -1.73. The lowest BCUT2D eigenvalue weighted by Gasteiger charge is -2.17. The zero-order valence-electron chi connectivity index (χ0n) is 11.5. The molecule has 0 amide bonds. The lowest BCUT2D eigenvalue weighted by Crippen LogP contribution is -2.26. The summed E-state index contributed by atoms with van der Waals surface area (Å²) in [5, 5.41) is 7.90. The summed E-state index contributed by atoms with van der Waals surface area (Å²) in [4.78, 5) is 17.6. The third-order valence-corrected chi connectivity index (χ3v) is 3.59. The Morgan fingerprint density at radius 1 is 1.55 bits per heavy atom. The van der Waals surface area contributed by atoms with Gasteiger partial charge in [0.05, 0.1) is 25.6 Å². The van der Waals surface area contributed by atoms with Crippen LogP contribution in [0.3, 0.4) is 0 Å². The Labute approximate surface area is 121 Å². The summed E-state index contributed by atoms with van der Waals surface area (Å²) in [5.41, 5.74) is 0.936. The number of aromatic nitrogens is 2. The number of thiophene rings is 1. The van der Waals surface area contributed by atoms with Crippen molar-refractivity contribution in [3.8, 4) is 11.5 Å². The molecule has 0 N–H and O–H groups in total. The quantitative estimate of drug-likeness (QED) is 0.729. The molecule has 108 valence electrons. The van der Waals surface area contributed by atoms with Crippen LogP contribution >= 0.6 is 11.3 Å². The fourth-order valence-corrected chi connectivity index (χ4v) is 2.35. The number of carbonyl (C=O) groups excluding carboxylic acids is 1. The van der Waals surface area contributed by atoms with Crippen molar-refractivity contribution in [3.63, 3.8) is 0 Å². The summed E-state index contributed by atoms with van der Waals surface area (Å²) < 4.78 is 9.86. The summed E-state index contributed by atoms with van der Waals surface area (Å²) in [5.74, 6) is 0.943. The van der Waals surface area contributed by atoms with E-state index in [1.54, 1.807) is 11.3 Å². The molecule has 6 nitrogen and oxygen atoms in total. The van der Waals surface area contributed by atoms with Crippen molar-refractivity contribution in [2.45, 2.75) is 19.9 Å². The predicted octanol–water partition coefficient (Wildman–Crippen LogP) is 2.18. The first-order chi connectivity index (χ1) is 9.72. The molecule has 7 heteroatoms. The number of carbonyl (C=O) groups is 1. The van der Waals surface area contributed by atoms with Gasteiger partial charge in [-0.3, -0.25) is 9.69 Å². The topological polar surface area (TPSA) is 68.5 Å². The molecule has 0 aliphatic carbocycles. The highest BCUT2D eigenvalue weighted by Crippen LogP contribution is 2.20. The third-order valence-electron chi connectivity index (χ3n) is 2.91. The van der Waals surface area contributed by atoms with Gasteiger partial charge in [0.2, 0.25) is 0 Å². The summed E-state index contributed by atoms with van der Waals surface area (Å²) in [7, 11) is 1.39. The largest absolute Gasteiger partial charge is 0.469 e. The maximum atomic E-state index is 11.1. The Balaban J connectivity index is 1.92. The molecule has 0 radical (unpaired) electrons. The summed E-state index contributed by atoms with van der Waals surface area (Å²) >= 11 is 1.59. The second-order valence-corrected chi connectivity index (χ2v) is 5.00. The first-order valence-electron chi connectivity index (χ1n) is 6.37. The lowest BCUT2D eigenvalue weighted by molar-refractivity contribution is -0.141. The number of nitrogens with zero attached hydrogens (tertiary/aromatic N) is 3. The van der Waals surface area contributed by atoms with Crippen LogP contribution < -0.4 is 0 Å². The first kappa shape index (κ1) is 14.7. The number of ether oxygens (including phenoxy) is 1. The van der Waals surface area contributed by atoms with Crippen LogP contribution in [-0.2, 0) is 16.1 Å². The van der Waals surface area contributed by atoms with E-state index >= 15 is 0 Å². The predicted molar refractivity (Wildman–Crippen MR) is 75.2 cm³/mol. The van der Waals surface area contributed by atoms with Crippen molar-refractivity contribution in [1.29, 1.82) is 0 Å². The van der Waals surface area contributed by atoms with Gasteiger partial charge in [-0.1, -0.05) is 12.1 Å². The molecule has 0 unspecified atom stereocenters. The lowest BCUT2D eigenvalue weighted by atomic mass is 10.3. The van der Waals surface area contributed by atoms with E-state index in [4.69, 9.17) is 4.52 Å². The minimum Gasteiger partial charge on any atom is -0.469 e. The molecule has 0 atom stereocenters. The SMILES string of the molecule is CCN(CCC(=O)OC)Cc1noc(-c2ccsc2)n1. The monoisotopic (exact) mass is 295 g/mol. The van der Waals surface area contributed by atoms with E-state index in [0.29, 0.717) is 31.2 Å². The second kappa shape index (κ2) is 7.16. The minimum absolute atomic E-state index is 0.212. The van der Waals surface area contributed by atoms with E-state index in [1.807, 2.05) is 23.8 Å². The number of hydrogen-bond acceptors (Lipinski definition) is 7. The van der Waals surface area contributed by atoms with Crippen molar-refractivity contribution in [1.82, 2.24) is 15.0 Å². The highest BCUT2D eigenvalue weighted by Gasteiger charge is 2.13. The number of rotatable bonds is 7. The van der Waals surface area contributed by atoms with Crippen molar-refractivity contribution >= 4 is 17.3 Å². The molecule has 0 fully saturated rings. The van der Waals surface area contributed by atoms with Gasteiger partial charge in [0.25, 0.3) is 5.89 Å². The van der Waals surface area contributed by atoms with Gasteiger partial charge in [-0.2, -0.15) is 16.3 Å². The Kier molecular flexibility index (Phi) is 5.25. The van der Waals surface area contributed by atoms with Crippen LogP contribution in [0.15, 0.2) is 21.3 Å². The van der Waals surface area contributed by atoms with Crippen molar-refractivity contribution in [2.75, 3.05) is 20.2 Å². The molecule has 2 aromatic rings. The molecule has 20 heavy (non-hydrogen) atoms. The molecule has 0 bridgehead atoms. The van der Waals surface area contributed by atoms with Gasteiger partial charge in [-0.25, -0.2) is 0 Å². The molecule has 0 aliphatic heterocycles. The smallest absolute Gasteiger partial charge is 0.306 e. The van der Waals surface area contributed by atoms with Gasteiger partial charge < -0.3 is 9.26 Å². The molecule has 2 rings (SSSR count). The Morgan fingerprint density at radius 3 is 3.05 bits per heavy atom. The van der Waals surface area contributed by atoms with E-state index < -0.39 is 0 Å². The molecular weight excluding hydrogens is 278 g/mol. The highest BCUT2D eigenvalue weighted by atomic mass is 32.1. The van der Waals surface area contributed by atoms with Gasteiger partial charge in [-0.05, 0) is 18.0 Å². The van der Waals surface area contributed by atoms with Gasteiger partial charge in [0.1, 0.15) is 0 Å². The number of methoxy groups -OCH3 is 1. The van der Waals surface area contributed by atoms with Gasteiger partial charge >= 0.3 is 5.97 Å². The summed E-state index contributed by atoms with van der Waals surface area (Å²) in [6, 6.07) is 1.94. The zero-order chi connectivity index (χ0) is 14.4. The molecule has 0 aromatic carbocycles. The maximum absolute atomic E-state index is 11.1. The standard InChI is InChI=1S/C13H17N3O3S/c1-3-16(6-4-12(17)18-2)8-11-14-13(19-15-11)10-5-7-20-9-10/h5,7,9H,3-4,6,8H2,1-2H3. The Morgan fingerprint density at radius 2 is 2.40 bits per heavy atom. The summed E-state index contributed by atoms with van der Waals surface area (Å²) in [6.45, 7) is 4.00. The number of hydrogen-bond donors (Lipinski definition) is 0. The van der Waals surface area contributed by atoms with Crippen LogP contribution in [0.2, 0.25) is 0 Å². The molecule has 2 aromatic heterocycles. The average Bonchev–Trinajstić information content (AvgIpc) is 3.13. The number of esters is 1. The zero-order valence-corrected chi connectivity index (χ0v) is 12.4. The van der Waals surface area contributed by atoms with E-state index in [1.165, 1.54) is 7.11 Å². The van der Waals surface area contributed by atoms with Crippen molar-refractivity contribution in [3.05, 3.63) is 22.7 Å². The molecular formula is C13H17N3O3S. The van der Waals surface area contributed by atoms with E-state index in [0.717, 1.165) is 12.1 Å². The minimum atomic E-state index is -0.212. The maximum Gasteiger partial charge on any atom is 0.306 e. The molecule has 2 heterocycles. The van der Waals surface area contributed by atoms with Gasteiger partial charge in [0, 0.05) is 11.9 Å². The van der Waals surface area contributed by atoms with E-state index in [9.17, 15) is 4.79 Å². The molecule has 0 saturated carbocycles. The fourth-order valence-electron chi connectivity index (χ4n) is 1.72. The first-order valence-corrected chi connectivity index (χ1v) is 7.31. The van der Waals surface area contributed by atoms with E-state index in [2.05, 4.69) is 19.8 Å². The molecule has 0 aliphatic rings. The second-order valence-electron chi connectivity index (χ2n) is 4.22. The van der Waals surface area contributed by atoms with Crippen LogP contribution in [0.1, 0.15) is 19.2 Å². The fraction of sp³-hybridized carbons (Fsp3) is 0.462. The average molecular weight is 295 g/mol. The van der Waals surface area contributed by atoms with E-state index in [-0.39, 0.29) is 5.97 Å². The molecule has 0 saturated heterocycles. The molecule has 0 spiro atoms. The highest BCUT2D eigenvalue weighted by molar-refractivity contribution is 7.08. The van der Waals surface area contributed by atoms with Crippen LogP contribution in [0.4, 0.5) is 0 Å². The van der Waals surface area contributed by atoms with Crippen LogP contribution in [0.5, 0.6) is 0 Å². The van der Waals surface area contributed by atoms with Crippen molar-refractivity contribution < 1.29 is 14.1 Å². The van der Waals surface area contributed by atoms with Gasteiger partial charge in [-0.15, -0.1) is 0 Å². The van der Waals surface area contributed by atoms with Crippen molar-refractivity contribution in [2.24, 2.45) is 0 Å². The van der Waals surface area contributed by atoms with Crippen LogP contribution in [-0.4, -0.2) is 41.2 Å².